The second-order valence-corrected chi connectivity index (χ2v) is 7.46. The second kappa shape index (κ2) is 7.01. The maximum Gasteiger partial charge on any atom is 0.229 e. The molecular formula is C18H16N2O5S. The van der Waals surface area contributed by atoms with Gasteiger partial charge in [-0.2, -0.15) is 0 Å². The fraction of sp³-hybridized carbons (Fsp3) is 0.111. The molecule has 0 unspecified atom stereocenters. The summed E-state index contributed by atoms with van der Waals surface area (Å²) in [5, 5.41) is 2.38. The Kier molecular flexibility index (Phi) is 4.77. The molecule has 1 amide bonds. The van der Waals surface area contributed by atoms with Crippen LogP contribution in [0.4, 0.5) is 5.69 Å². The zero-order valence-corrected chi connectivity index (χ0v) is 14.7. The number of anilines is 1. The van der Waals surface area contributed by atoms with E-state index in [1.807, 2.05) is 6.07 Å². The molecule has 7 nitrogen and oxygen atoms in total. The number of hydrogen-bond donors (Lipinski definition) is 2. The van der Waals surface area contributed by atoms with Gasteiger partial charge in [0.1, 0.15) is 5.75 Å². The number of carbonyl (C=O) groups excluding carboxylic acids is 2. The first-order chi connectivity index (χ1) is 12.4. The lowest BCUT2D eigenvalue weighted by atomic mass is 9.92. The lowest BCUT2D eigenvalue weighted by Crippen LogP contribution is -2.23. The Balaban J connectivity index is 2.06. The number of ether oxygens (including phenoxy) is 1. The fourth-order valence-corrected chi connectivity index (χ4v) is 3.18. The van der Waals surface area contributed by atoms with E-state index in [9.17, 15) is 18.0 Å². The molecule has 1 aliphatic rings. The minimum absolute atomic E-state index is 0.182. The van der Waals surface area contributed by atoms with Crippen LogP contribution in [0.25, 0.3) is 0 Å². The molecule has 0 saturated heterocycles. The van der Waals surface area contributed by atoms with Crippen LogP contribution in [-0.4, -0.2) is 26.9 Å². The zero-order chi connectivity index (χ0) is 18.7. The van der Waals surface area contributed by atoms with Crippen molar-refractivity contribution in [2.45, 2.75) is 6.42 Å². The lowest BCUT2D eigenvalue weighted by molar-refractivity contribution is -0.108. The van der Waals surface area contributed by atoms with Crippen LogP contribution in [0.15, 0.2) is 54.2 Å². The minimum Gasteiger partial charge on any atom is -0.455 e. The zero-order valence-electron chi connectivity index (χ0n) is 13.9. The molecule has 0 aliphatic heterocycles. The molecule has 0 radical (unpaired) electrons. The minimum atomic E-state index is -3.54. The van der Waals surface area contributed by atoms with E-state index in [1.165, 1.54) is 6.07 Å². The Bertz CT molecular complexity index is 998. The maximum absolute atomic E-state index is 12.5. The van der Waals surface area contributed by atoms with Gasteiger partial charge < -0.3 is 10.1 Å². The number of para-hydroxylation sites is 1. The van der Waals surface area contributed by atoms with Crippen molar-refractivity contribution in [1.29, 1.82) is 0 Å². The fourth-order valence-electron chi connectivity index (χ4n) is 2.62. The van der Waals surface area contributed by atoms with Gasteiger partial charge in [0.15, 0.2) is 5.75 Å². The number of hydrogen-bond acceptors (Lipinski definition) is 5. The molecule has 2 aromatic carbocycles. The van der Waals surface area contributed by atoms with Crippen LogP contribution in [0.5, 0.6) is 11.5 Å². The molecule has 0 spiro atoms. The summed E-state index contributed by atoms with van der Waals surface area (Å²) in [6.45, 7) is 0. The van der Waals surface area contributed by atoms with Gasteiger partial charge in [-0.25, -0.2) is 8.42 Å². The number of fused-ring (bicyclic) bond motifs is 1. The van der Waals surface area contributed by atoms with E-state index in [0.29, 0.717) is 29.7 Å². The molecular weight excluding hydrogens is 356 g/mol. The van der Waals surface area contributed by atoms with Crippen LogP contribution in [0.3, 0.4) is 0 Å². The third-order valence-electron chi connectivity index (χ3n) is 3.70. The molecule has 0 bridgehead atoms. The average molecular weight is 372 g/mol. The third-order valence-corrected chi connectivity index (χ3v) is 4.29. The number of amides is 1. The van der Waals surface area contributed by atoms with Crippen LogP contribution in [0, 0.1) is 0 Å². The number of carbonyl (C=O) groups is 2. The largest absolute Gasteiger partial charge is 0.455 e. The number of sulfonamides is 1. The highest BCUT2D eigenvalue weighted by Crippen LogP contribution is 2.35. The highest BCUT2D eigenvalue weighted by atomic mass is 32.2. The molecule has 0 saturated carbocycles. The molecule has 3 rings (SSSR count). The van der Waals surface area contributed by atoms with Crippen molar-refractivity contribution < 1.29 is 22.7 Å². The highest BCUT2D eigenvalue weighted by molar-refractivity contribution is 7.92. The van der Waals surface area contributed by atoms with Crippen LogP contribution >= 0.6 is 0 Å². The van der Waals surface area contributed by atoms with Gasteiger partial charge in [0.2, 0.25) is 22.2 Å². The van der Waals surface area contributed by atoms with E-state index in [-0.39, 0.29) is 22.9 Å². The Morgan fingerprint density at radius 2 is 1.88 bits per heavy atom. The van der Waals surface area contributed by atoms with Crippen molar-refractivity contribution in [3.8, 4) is 11.5 Å². The van der Waals surface area contributed by atoms with Gasteiger partial charge in [-0.1, -0.05) is 24.3 Å². The van der Waals surface area contributed by atoms with Gasteiger partial charge in [0, 0.05) is 5.56 Å². The highest BCUT2D eigenvalue weighted by Gasteiger charge is 2.24. The molecule has 26 heavy (non-hydrogen) atoms. The Labute approximate surface area is 150 Å². The molecule has 8 heteroatoms. The summed E-state index contributed by atoms with van der Waals surface area (Å²) in [6.07, 6.45) is 3.44. The predicted octanol–water partition coefficient (Wildman–Crippen LogP) is 2.22. The van der Waals surface area contributed by atoms with Crippen molar-refractivity contribution in [2.75, 3.05) is 11.0 Å². The number of allylic oxidation sites excluding steroid dienone is 2. The number of ketones is 1. The van der Waals surface area contributed by atoms with Crippen molar-refractivity contribution in [2.24, 2.45) is 0 Å². The maximum atomic E-state index is 12.5. The first kappa shape index (κ1) is 17.7. The summed E-state index contributed by atoms with van der Waals surface area (Å²) < 4.78 is 31.6. The van der Waals surface area contributed by atoms with Gasteiger partial charge in [-0.3, -0.25) is 14.3 Å². The Morgan fingerprint density at radius 1 is 1.15 bits per heavy atom. The monoisotopic (exact) mass is 372 g/mol. The molecule has 0 heterocycles. The smallest absolute Gasteiger partial charge is 0.229 e. The molecule has 1 aliphatic carbocycles. The van der Waals surface area contributed by atoms with E-state index in [1.54, 1.807) is 36.4 Å². The summed E-state index contributed by atoms with van der Waals surface area (Å²) in [6, 6.07) is 11.9. The first-order valence-electron chi connectivity index (χ1n) is 7.70. The van der Waals surface area contributed by atoms with E-state index >= 15 is 0 Å². The topological polar surface area (TPSA) is 102 Å². The second-order valence-electron chi connectivity index (χ2n) is 5.71. The summed E-state index contributed by atoms with van der Waals surface area (Å²) in [5.74, 6) is 0.331. The van der Waals surface area contributed by atoms with Crippen LogP contribution in [0.2, 0.25) is 0 Å². The van der Waals surface area contributed by atoms with E-state index < -0.39 is 10.0 Å². The van der Waals surface area contributed by atoms with Gasteiger partial charge in [-0.05, 0) is 36.2 Å². The van der Waals surface area contributed by atoms with E-state index in [0.717, 1.165) is 6.26 Å². The summed E-state index contributed by atoms with van der Waals surface area (Å²) in [5.41, 5.74) is 1.41. The van der Waals surface area contributed by atoms with Crippen molar-refractivity contribution in [1.82, 2.24) is 5.32 Å². The quantitative estimate of drug-likeness (QED) is 0.757. The van der Waals surface area contributed by atoms with Gasteiger partial charge in [0.05, 0.1) is 17.6 Å². The first-order valence-corrected chi connectivity index (χ1v) is 9.59. The predicted molar refractivity (Wildman–Crippen MR) is 96.7 cm³/mol. The average Bonchev–Trinajstić information content (AvgIpc) is 2.58. The van der Waals surface area contributed by atoms with Crippen LogP contribution in [-0.2, 0) is 21.2 Å². The number of nitrogens with one attached hydrogen (secondary N) is 2. The van der Waals surface area contributed by atoms with Crippen LogP contribution in [0.1, 0.15) is 15.9 Å². The Hall–Kier alpha value is -3.13. The molecule has 0 aromatic heterocycles. The summed E-state index contributed by atoms with van der Waals surface area (Å²) in [4.78, 5) is 23.2. The molecule has 2 N–H and O–H groups in total. The third kappa shape index (κ3) is 3.92. The van der Waals surface area contributed by atoms with Crippen molar-refractivity contribution in [3.05, 3.63) is 65.4 Å². The molecule has 2 aromatic rings. The van der Waals surface area contributed by atoms with Crippen molar-refractivity contribution in [3.63, 3.8) is 0 Å². The standard InChI is InChI=1S/C18H16N2O5S/c1-26(23,24)20-16-9-12-7-8-15(19-11-21)18(22)14(12)10-17(16)25-13-5-3-2-4-6-13/h2-6,8-11,20H,7H2,1H3,(H,19,21). The van der Waals surface area contributed by atoms with Gasteiger partial charge >= 0.3 is 0 Å². The van der Waals surface area contributed by atoms with E-state index in [4.69, 9.17) is 4.74 Å². The van der Waals surface area contributed by atoms with Crippen LogP contribution < -0.4 is 14.8 Å². The SMILES string of the molecule is CS(=O)(=O)Nc1cc2c(cc1Oc1ccccc1)C(=O)C(NC=O)=CC2. The Morgan fingerprint density at radius 3 is 2.54 bits per heavy atom. The number of Topliss-reactive ketones (excluding diaryl/α,β-unsaturated/α-hetero) is 1. The lowest BCUT2D eigenvalue weighted by Gasteiger charge is -2.19. The molecule has 0 fully saturated rings. The number of rotatable bonds is 6. The van der Waals surface area contributed by atoms with E-state index in [2.05, 4.69) is 10.0 Å². The van der Waals surface area contributed by atoms with Gasteiger partial charge in [-0.15, -0.1) is 0 Å². The normalized spacial score (nSPS) is 13.4. The summed E-state index contributed by atoms with van der Waals surface area (Å²) in [7, 11) is -3.54. The number of benzene rings is 2. The van der Waals surface area contributed by atoms with Crippen molar-refractivity contribution >= 4 is 27.9 Å². The molecule has 0 atom stereocenters. The van der Waals surface area contributed by atoms with Gasteiger partial charge in [0.25, 0.3) is 0 Å². The molecule has 134 valence electrons. The summed E-state index contributed by atoms with van der Waals surface area (Å²) >= 11 is 0.